The highest BCUT2D eigenvalue weighted by atomic mass is 32.1. The molecule has 5 nitrogen and oxygen atoms in total. The van der Waals surface area contributed by atoms with Crippen LogP contribution in [-0.4, -0.2) is 27.9 Å². The molecule has 1 aliphatic carbocycles. The molecule has 82 valence electrons. The van der Waals surface area contributed by atoms with Gasteiger partial charge in [-0.1, -0.05) is 0 Å². The summed E-state index contributed by atoms with van der Waals surface area (Å²) in [6, 6.07) is 0.466. The molecule has 0 radical (unpaired) electrons. The van der Waals surface area contributed by atoms with Crippen LogP contribution in [0.1, 0.15) is 25.7 Å². The zero-order valence-corrected chi connectivity index (χ0v) is 9.22. The Labute approximate surface area is 92.5 Å². The van der Waals surface area contributed by atoms with E-state index in [1.165, 1.54) is 17.9 Å². The molecule has 1 aliphatic rings. The van der Waals surface area contributed by atoms with E-state index in [4.69, 9.17) is 0 Å². The molecule has 0 unspecified atom stereocenters. The first-order valence-corrected chi connectivity index (χ1v) is 5.92. The summed E-state index contributed by atoms with van der Waals surface area (Å²) in [7, 11) is 0. The summed E-state index contributed by atoms with van der Waals surface area (Å²) in [5.74, 6) is 0.163. The maximum atomic E-state index is 11.3. The topological polar surface area (TPSA) is 66.9 Å². The minimum Gasteiger partial charge on any atom is -0.360 e. The van der Waals surface area contributed by atoms with Gasteiger partial charge in [0.05, 0.1) is 0 Å². The first kappa shape index (κ1) is 10.4. The van der Waals surface area contributed by atoms with E-state index in [2.05, 4.69) is 20.0 Å². The van der Waals surface area contributed by atoms with Gasteiger partial charge in [-0.3, -0.25) is 4.79 Å². The van der Waals surface area contributed by atoms with Crippen LogP contribution in [0, 0.1) is 0 Å². The summed E-state index contributed by atoms with van der Waals surface area (Å²) in [6.07, 6.45) is 5.23. The minimum atomic E-state index is 0.163. The zero-order valence-electron chi connectivity index (χ0n) is 8.40. The standard InChI is InChI=1S/C9H14N4OS/c14-8(13-7-3-4-7)2-1-5-10-9-11-6-12-15-9/h6-7H,1-5H2,(H,13,14)(H,10,11,12). The minimum absolute atomic E-state index is 0.163. The van der Waals surface area contributed by atoms with Crippen LogP contribution < -0.4 is 10.6 Å². The summed E-state index contributed by atoms with van der Waals surface area (Å²) in [6.45, 7) is 0.771. The molecule has 6 heteroatoms. The van der Waals surface area contributed by atoms with E-state index in [-0.39, 0.29) is 5.91 Å². The molecule has 0 aromatic carbocycles. The number of carbonyl (C=O) groups is 1. The molecule has 15 heavy (non-hydrogen) atoms. The molecular weight excluding hydrogens is 212 g/mol. The number of hydrogen-bond donors (Lipinski definition) is 2. The van der Waals surface area contributed by atoms with Crippen LogP contribution in [-0.2, 0) is 4.79 Å². The van der Waals surface area contributed by atoms with Crippen LogP contribution in [0.3, 0.4) is 0 Å². The molecule has 1 saturated carbocycles. The number of amides is 1. The fraction of sp³-hybridized carbons (Fsp3) is 0.667. The maximum Gasteiger partial charge on any atom is 0.220 e. The number of anilines is 1. The van der Waals surface area contributed by atoms with E-state index in [0.717, 1.165) is 30.9 Å². The molecule has 1 amide bonds. The third kappa shape index (κ3) is 3.83. The Morgan fingerprint density at radius 1 is 1.60 bits per heavy atom. The zero-order chi connectivity index (χ0) is 10.5. The van der Waals surface area contributed by atoms with E-state index in [0.29, 0.717) is 12.5 Å². The predicted molar refractivity (Wildman–Crippen MR) is 58.8 cm³/mol. The van der Waals surface area contributed by atoms with Gasteiger partial charge in [0.1, 0.15) is 6.33 Å². The van der Waals surface area contributed by atoms with Crippen LogP contribution in [0.4, 0.5) is 5.13 Å². The fourth-order valence-corrected chi connectivity index (χ4v) is 1.68. The molecule has 1 aromatic heterocycles. The Kier molecular flexibility index (Phi) is 3.49. The van der Waals surface area contributed by atoms with Crippen LogP contribution in [0.25, 0.3) is 0 Å². The lowest BCUT2D eigenvalue weighted by atomic mass is 10.3. The van der Waals surface area contributed by atoms with Crippen LogP contribution in [0.5, 0.6) is 0 Å². The number of rotatable bonds is 6. The van der Waals surface area contributed by atoms with Gasteiger partial charge in [-0.25, -0.2) is 4.98 Å². The molecule has 0 aliphatic heterocycles. The molecule has 1 heterocycles. The van der Waals surface area contributed by atoms with Crippen LogP contribution in [0.2, 0.25) is 0 Å². The number of aromatic nitrogens is 2. The Balaban J connectivity index is 1.52. The molecule has 2 N–H and O–H groups in total. The van der Waals surface area contributed by atoms with Crippen molar-refractivity contribution in [1.82, 2.24) is 14.7 Å². The molecule has 0 bridgehead atoms. The lowest BCUT2D eigenvalue weighted by Crippen LogP contribution is -2.25. The molecular formula is C9H14N4OS. The Morgan fingerprint density at radius 3 is 3.13 bits per heavy atom. The van der Waals surface area contributed by atoms with Crippen molar-refractivity contribution < 1.29 is 4.79 Å². The van der Waals surface area contributed by atoms with Crippen LogP contribution >= 0.6 is 11.5 Å². The highest BCUT2D eigenvalue weighted by molar-refractivity contribution is 7.09. The van der Waals surface area contributed by atoms with E-state index >= 15 is 0 Å². The molecule has 0 atom stereocenters. The highest BCUT2D eigenvalue weighted by Crippen LogP contribution is 2.18. The Hall–Kier alpha value is -1.17. The van der Waals surface area contributed by atoms with E-state index < -0.39 is 0 Å². The van der Waals surface area contributed by atoms with Gasteiger partial charge in [-0.2, -0.15) is 4.37 Å². The van der Waals surface area contributed by atoms with Crippen molar-refractivity contribution in [1.29, 1.82) is 0 Å². The fourth-order valence-electron chi connectivity index (χ4n) is 1.22. The maximum absolute atomic E-state index is 11.3. The average Bonchev–Trinajstić information content (AvgIpc) is 2.87. The molecule has 1 aromatic rings. The highest BCUT2D eigenvalue weighted by Gasteiger charge is 2.22. The summed E-state index contributed by atoms with van der Waals surface area (Å²) >= 11 is 1.33. The van der Waals surface area contributed by atoms with Gasteiger partial charge in [-0.05, 0) is 19.3 Å². The summed E-state index contributed by atoms with van der Waals surface area (Å²) in [4.78, 5) is 15.3. The van der Waals surface area contributed by atoms with Gasteiger partial charge in [0.2, 0.25) is 11.0 Å². The van der Waals surface area contributed by atoms with Gasteiger partial charge in [-0.15, -0.1) is 0 Å². The van der Waals surface area contributed by atoms with Gasteiger partial charge in [0.25, 0.3) is 0 Å². The van der Waals surface area contributed by atoms with Gasteiger partial charge in [0, 0.05) is 30.5 Å². The molecule has 1 fully saturated rings. The quantitative estimate of drug-likeness (QED) is 0.710. The second kappa shape index (κ2) is 5.06. The first-order chi connectivity index (χ1) is 7.34. The third-order valence-electron chi connectivity index (χ3n) is 2.16. The number of hydrogen-bond acceptors (Lipinski definition) is 5. The van der Waals surface area contributed by atoms with Gasteiger partial charge < -0.3 is 10.6 Å². The number of nitrogens with one attached hydrogen (secondary N) is 2. The summed E-state index contributed by atoms with van der Waals surface area (Å²) < 4.78 is 3.87. The normalized spacial score (nSPS) is 14.9. The second-order valence-corrected chi connectivity index (χ2v) is 4.40. The van der Waals surface area contributed by atoms with Crippen molar-refractivity contribution in [3.63, 3.8) is 0 Å². The molecule has 0 saturated heterocycles. The van der Waals surface area contributed by atoms with Crippen molar-refractivity contribution in [2.45, 2.75) is 31.7 Å². The second-order valence-electron chi connectivity index (χ2n) is 3.62. The van der Waals surface area contributed by atoms with Crippen molar-refractivity contribution in [3.05, 3.63) is 6.33 Å². The first-order valence-electron chi connectivity index (χ1n) is 5.14. The third-order valence-corrected chi connectivity index (χ3v) is 2.78. The molecule has 0 spiro atoms. The summed E-state index contributed by atoms with van der Waals surface area (Å²) in [5.41, 5.74) is 0. The lowest BCUT2D eigenvalue weighted by Gasteiger charge is -2.03. The SMILES string of the molecule is O=C(CCCNc1ncns1)NC1CC1. The number of nitrogens with zero attached hydrogens (tertiary/aromatic N) is 2. The average molecular weight is 226 g/mol. The predicted octanol–water partition coefficient (Wildman–Crippen LogP) is 1.01. The van der Waals surface area contributed by atoms with E-state index in [1.807, 2.05) is 0 Å². The largest absolute Gasteiger partial charge is 0.360 e. The van der Waals surface area contributed by atoms with Gasteiger partial charge in [0.15, 0.2) is 0 Å². The van der Waals surface area contributed by atoms with E-state index in [1.54, 1.807) is 0 Å². The van der Waals surface area contributed by atoms with E-state index in [9.17, 15) is 4.79 Å². The smallest absolute Gasteiger partial charge is 0.220 e. The monoisotopic (exact) mass is 226 g/mol. The van der Waals surface area contributed by atoms with Crippen molar-refractivity contribution in [3.8, 4) is 0 Å². The molecule has 2 rings (SSSR count). The summed E-state index contributed by atoms with van der Waals surface area (Å²) in [5, 5.41) is 6.89. The lowest BCUT2D eigenvalue weighted by molar-refractivity contribution is -0.121. The Morgan fingerprint density at radius 2 is 2.47 bits per heavy atom. The van der Waals surface area contributed by atoms with Crippen molar-refractivity contribution in [2.75, 3.05) is 11.9 Å². The van der Waals surface area contributed by atoms with Crippen molar-refractivity contribution >= 4 is 22.6 Å². The number of carbonyl (C=O) groups excluding carboxylic acids is 1. The Bertz CT molecular complexity index is 310. The van der Waals surface area contributed by atoms with Gasteiger partial charge >= 0.3 is 0 Å². The van der Waals surface area contributed by atoms with Crippen LogP contribution in [0.15, 0.2) is 6.33 Å². The van der Waals surface area contributed by atoms with Crippen molar-refractivity contribution in [2.24, 2.45) is 0 Å².